The molecule has 6 aromatic rings. The van der Waals surface area contributed by atoms with Crippen LogP contribution in [-0.4, -0.2) is 18.6 Å². The van der Waals surface area contributed by atoms with E-state index in [2.05, 4.69) is 192 Å². The molecule has 0 fully saturated rings. The Bertz CT molecular complexity index is 2520. The van der Waals surface area contributed by atoms with Crippen LogP contribution in [0.1, 0.15) is 226 Å². The number of anilines is 3. The van der Waals surface area contributed by atoms with Crippen molar-refractivity contribution in [1.82, 2.24) is 0 Å². The Morgan fingerprint density at radius 2 is 0.584 bits per heavy atom. The summed E-state index contributed by atoms with van der Waals surface area (Å²) in [6, 6.07) is 49.4. The topological polar surface area (TPSA) is 36.1 Å². The number of rotatable bonds is 39. The van der Waals surface area contributed by atoms with Gasteiger partial charge in [0, 0.05) is 52.4 Å². The summed E-state index contributed by atoms with van der Waals surface area (Å²) in [5, 5.41) is 11.9. The molecule has 0 radical (unpaired) electrons. The Balaban J connectivity index is 1.18. The molecule has 0 saturated heterocycles. The van der Waals surface area contributed by atoms with E-state index in [0.717, 1.165) is 6.54 Å². The second-order valence-electron chi connectivity index (χ2n) is 23.3. The highest BCUT2D eigenvalue weighted by Gasteiger charge is 2.15. The van der Waals surface area contributed by atoms with E-state index in [-0.39, 0.29) is 0 Å². The van der Waals surface area contributed by atoms with Crippen LogP contribution in [0.15, 0.2) is 127 Å². The summed E-state index contributed by atoms with van der Waals surface area (Å²) in [4.78, 5) is 0. The summed E-state index contributed by atoms with van der Waals surface area (Å²) in [7, 11) is 0. The summed E-state index contributed by atoms with van der Waals surface area (Å²) in [5.74, 6) is 0. The number of nitrogens with one attached hydrogen (secondary N) is 3. The van der Waals surface area contributed by atoms with E-state index in [4.69, 9.17) is 0 Å². The van der Waals surface area contributed by atoms with Crippen LogP contribution < -0.4 is 16.0 Å². The van der Waals surface area contributed by atoms with Crippen molar-refractivity contribution in [3.8, 4) is 55.6 Å². The van der Waals surface area contributed by atoms with Crippen LogP contribution in [0.4, 0.5) is 17.1 Å². The van der Waals surface area contributed by atoms with Gasteiger partial charge in [0.25, 0.3) is 0 Å². The van der Waals surface area contributed by atoms with E-state index in [1.165, 1.54) is 264 Å². The fraction of sp³-hybridized carbons (Fsp3) is 0.514. The van der Waals surface area contributed by atoms with Gasteiger partial charge in [-0.1, -0.05) is 296 Å². The van der Waals surface area contributed by atoms with E-state index in [1.807, 2.05) is 0 Å². The fourth-order valence-corrected chi connectivity index (χ4v) is 11.3. The minimum absolute atomic E-state index is 0.368. The molecule has 6 aromatic carbocycles. The molecule has 0 aliphatic rings. The summed E-state index contributed by atoms with van der Waals surface area (Å²) in [5.41, 5.74) is 18.8. The quantitative estimate of drug-likeness (QED) is 0.0337. The van der Waals surface area contributed by atoms with E-state index in [1.54, 1.807) is 0 Å². The Morgan fingerprint density at radius 3 is 1.01 bits per heavy atom. The molecule has 0 amide bonds. The maximum atomic E-state index is 4.05. The van der Waals surface area contributed by atoms with Gasteiger partial charge in [-0.25, -0.2) is 0 Å². The smallest absolute Gasteiger partial charge is 0.0428 e. The van der Waals surface area contributed by atoms with Gasteiger partial charge in [0.15, 0.2) is 0 Å². The molecule has 416 valence electrons. The lowest BCUT2D eigenvalue weighted by Crippen LogP contribution is -2.15. The van der Waals surface area contributed by atoms with Gasteiger partial charge < -0.3 is 16.0 Å². The molecule has 2 unspecified atom stereocenters. The third-order valence-electron chi connectivity index (χ3n) is 16.3. The van der Waals surface area contributed by atoms with Crippen molar-refractivity contribution < 1.29 is 0 Å². The third-order valence-corrected chi connectivity index (χ3v) is 16.3. The number of hydrogen-bond donors (Lipinski definition) is 3. The van der Waals surface area contributed by atoms with Gasteiger partial charge in [-0.15, -0.1) is 0 Å². The van der Waals surface area contributed by atoms with Gasteiger partial charge in [0.2, 0.25) is 0 Å². The summed E-state index contributed by atoms with van der Waals surface area (Å²) < 4.78 is 0. The van der Waals surface area contributed by atoms with Crippen LogP contribution in [0.5, 0.6) is 0 Å². The van der Waals surface area contributed by atoms with Crippen molar-refractivity contribution in [2.75, 3.05) is 22.5 Å². The van der Waals surface area contributed by atoms with Crippen LogP contribution in [0.3, 0.4) is 0 Å². The average Bonchev–Trinajstić information content (AvgIpc) is 3.46. The minimum atomic E-state index is 0.368. The predicted molar refractivity (Wildman–Crippen MR) is 344 cm³/mol. The molecule has 3 nitrogen and oxygen atoms in total. The lowest BCUT2D eigenvalue weighted by atomic mass is 9.93. The zero-order chi connectivity index (χ0) is 54.3. The monoisotopic (exact) mass is 1040 g/mol. The SMILES string of the molecule is CCCCCCCCCCCCNc1cc(-c2ccc(C)cc2)ccc1-c1ccc(-c2ccc(-c3ccc(-c4ccc(C)cc4NC(C)CCCCCCCCCC)cc3)cc2NC(C)CCCCCCCCCC)cc1. The Kier molecular flexibility index (Phi) is 27.9. The molecule has 2 atom stereocenters. The fourth-order valence-electron chi connectivity index (χ4n) is 11.3. The zero-order valence-corrected chi connectivity index (χ0v) is 49.8. The maximum absolute atomic E-state index is 4.05. The lowest BCUT2D eigenvalue weighted by Gasteiger charge is -2.21. The molecule has 0 aromatic heterocycles. The van der Waals surface area contributed by atoms with Crippen LogP contribution in [-0.2, 0) is 0 Å². The van der Waals surface area contributed by atoms with Gasteiger partial charge in [-0.05, 0) is 110 Å². The second-order valence-corrected chi connectivity index (χ2v) is 23.3. The highest BCUT2D eigenvalue weighted by molar-refractivity contribution is 5.87. The van der Waals surface area contributed by atoms with Crippen LogP contribution in [0.2, 0.25) is 0 Å². The van der Waals surface area contributed by atoms with Gasteiger partial charge in [-0.3, -0.25) is 0 Å². The number of hydrogen-bond acceptors (Lipinski definition) is 3. The molecule has 0 spiro atoms. The van der Waals surface area contributed by atoms with Gasteiger partial charge in [0.05, 0.1) is 0 Å². The van der Waals surface area contributed by atoms with Crippen molar-refractivity contribution in [3.63, 3.8) is 0 Å². The van der Waals surface area contributed by atoms with E-state index < -0.39 is 0 Å². The first-order chi connectivity index (χ1) is 37.8. The first kappa shape index (κ1) is 60.9. The third kappa shape index (κ3) is 21.5. The predicted octanol–water partition coefficient (Wildman–Crippen LogP) is 23.6. The highest BCUT2D eigenvalue weighted by Crippen LogP contribution is 2.39. The Labute approximate surface area is 471 Å². The van der Waals surface area contributed by atoms with Crippen LogP contribution >= 0.6 is 0 Å². The Hall–Kier alpha value is -5.28. The molecule has 3 heteroatoms. The largest absolute Gasteiger partial charge is 0.385 e. The molecule has 0 bridgehead atoms. The number of unbranched alkanes of at least 4 members (excludes halogenated alkanes) is 23. The van der Waals surface area contributed by atoms with E-state index in [9.17, 15) is 0 Å². The summed E-state index contributed by atoms with van der Waals surface area (Å²) in [6.07, 6.45) is 37.5. The minimum Gasteiger partial charge on any atom is -0.385 e. The lowest BCUT2D eigenvalue weighted by molar-refractivity contribution is 0.550. The van der Waals surface area contributed by atoms with Crippen molar-refractivity contribution in [2.45, 2.75) is 240 Å². The first-order valence-corrected chi connectivity index (χ1v) is 31.7. The molecule has 0 aliphatic heterocycles. The standard InChI is InChI=1S/C74H105N3/c1-8-11-14-17-20-23-24-27-30-33-54-75-72-56-67(62-39-36-58(4)37-40-62)49-52-69(72)64-45-47-66(48-46-64)71-53-50-68(57-74(71)77-61(7)35-32-29-26-22-19-16-13-10-3)63-41-43-65(44-42-63)70-51-38-59(5)55-73(70)76-60(6)34-31-28-25-21-18-15-12-9-2/h36-53,55-57,60-61,75-77H,8-35,54H2,1-7H3. The summed E-state index contributed by atoms with van der Waals surface area (Å²) in [6.45, 7) is 17.0. The highest BCUT2D eigenvalue weighted by atomic mass is 14.9. The Morgan fingerprint density at radius 1 is 0.286 bits per heavy atom. The van der Waals surface area contributed by atoms with Crippen molar-refractivity contribution in [3.05, 3.63) is 139 Å². The van der Waals surface area contributed by atoms with E-state index >= 15 is 0 Å². The van der Waals surface area contributed by atoms with Crippen LogP contribution in [0.25, 0.3) is 55.6 Å². The number of aryl methyl sites for hydroxylation is 2. The average molecular weight is 1040 g/mol. The number of benzene rings is 6. The maximum Gasteiger partial charge on any atom is 0.0428 e. The molecular weight excluding hydrogens is 931 g/mol. The molecule has 6 rings (SSSR count). The molecule has 77 heavy (non-hydrogen) atoms. The van der Waals surface area contributed by atoms with Crippen molar-refractivity contribution in [1.29, 1.82) is 0 Å². The van der Waals surface area contributed by atoms with Crippen molar-refractivity contribution >= 4 is 17.1 Å². The van der Waals surface area contributed by atoms with E-state index in [0.29, 0.717) is 12.1 Å². The summed E-state index contributed by atoms with van der Waals surface area (Å²) >= 11 is 0. The zero-order valence-electron chi connectivity index (χ0n) is 49.8. The van der Waals surface area contributed by atoms with Gasteiger partial charge in [0.1, 0.15) is 0 Å². The normalized spacial score (nSPS) is 12.2. The van der Waals surface area contributed by atoms with Gasteiger partial charge >= 0.3 is 0 Å². The molecule has 0 saturated carbocycles. The molecule has 3 N–H and O–H groups in total. The van der Waals surface area contributed by atoms with Gasteiger partial charge in [-0.2, -0.15) is 0 Å². The first-order valence-electron chi connectivity index (χ1n) is 31.7. The molecular formula is C74H105N3. The molecule has 0 heterocycles. The second kappa shape index (κ2) is 35.3. The molecule has 0 aliphatic carbocycles. The van der Waals surface area contributed by atoms with Crippen LogP contribution in [0, 0.1) is 13.8 Å². The van der Waals surface area contributed by atoms with Crippen molar-refractivity contribution in [2.24, 2.45) is 0 Å².